The van der Waals surface area contributed by atoms with Crippen LogP contribution in [0.5, 0.6) is 0 Å². The first kappa shape index (κ1) is 14.2. The summed E-state index contributed by atoms with van der Waals surface area (Å²) in [5.41, 5.74) is 0.951. The molecule has 1 aromatic rings. The van der Waals surface area contributed by atoms with Crippen molar-refractivity contribution in [1.82, 2.24) is 0 Å². The zero-order chi connectivity index (χ0) is 12.9. The zero-order valence-electron chi connectivity index (χ0n) is 10.2. The predicted octanol–water partition coefficient (Wildman–Crippen LogP) is 3.44. The van der Waals surface area contributed by atoms with Crippen LogP contribution in [0.1, 0.15) is 32.3 Å². The van der Waals surface area contributed by atoms with Gasteiger partial charge in [-0.3, -0.25) is 4.57 Å². The van der Waals surface area contributed by atoms with Gasteiger partial charge >= 0.3 is 7.60 Å². The summed E-state index contributed by atoms with van der Waals surface area (Å²) in [7, 11) is -4.13. The zero-order valence-corrected chi connectivity index (χ0v) is 11.1. The van der Waals surface area contributed by atoms with Crippen molar-refractivity contribution in [3.8, 4) is 0 Å². The van der Waals surface area contributed by atoms with Gasteiger partial charge in [0.25, 0.3) is 0 Å². The van der Waals surface area contributed by atoms with Crippen molar-refractivity contribution in [3.63, 3.8) is 0 Å². The summed E-state index contributed by atoms with van der Waals surface area (Å²) in [4.78, 5) is 18.9. The van der Waals surface area contributed by atoms with Gasteiger partial charge in [0.05, 0.1) is 5.16 Å². The summed E-state index contributed by atoms with van der Waals surface area (Å²) in [6, 6.07) is 9.53. The van der Waals surface area contributed by atoms with Gasteiger partial charge in [-0.15, -0.1) is 0 Å². The first-order chi connectivity index (χ1) is 7.95. The molecule has 0 fully saturated rings. The first-order valence-corrected chi connectivity index (χ1v) is 7.36. The number of benzene rings is 1. The number of hydrogen-bond donors (Lipinski definition) is 2. The van der Waals surface area contributed by atoms with Crippen molar-refractivity contribution in [2.24, 2.45) is 0 Å². The van der Waals surface area contributed by atoms with E-state index in [4.69, 9.17) is 0 Å². The van der Waals surface area contributed by atoms with Crippen molar-refractivity contribution < 1.29 is 14.4 Å². The molecule has 0 radical (unpaired) electrons. The molecule has 2 N–H and O–H groups in total. The van der Waals surface area contributed by atoms with Crippen molar-refractivity contribution >= 4 is 13.7 Å². The van der Waals surface area contributed by atoms with Crippen molar-refractivity contribution in [2.45, 2.75) is 31.8 Å². The van der Waals surface area contributed by atoms with E-state index in [0.29, 0.717) is 12.8 Å². The molecule has 1 rings (SSSR count). The molecule has 0 saturated heterocycles. The Bertz CT molecular complexity index is 416. The van der Waals surface area contributed by atoms with Crippen LogP contribution in [0, 0.1) is 0 Å². The van der Waals surface area contributed by atoms with Crippen LogP contribution >= 0.6 is 7.60 Å². The minimum Gasteiger partial charge on any atom is -0.324 e. The lowest BCUT2D eigenvalue weighted by atomic mass is 10.0. The lowest BCUT2D eigenvalue weighted by Gasteiger charge is -2.28. The molecule has 0 heterocycles. The molecule has 0 aliphatic carbocycles. The lowest BCUT2D eigenvalue weighted by molar-refractivity contribution is 0.334. The molecule has 0 aromatic heterocycles. The minimum atomic E-state index is -4.13. The van der Waals surface area contributed by atoms with Gasteiger partial charge in [-0.05, 0) is 18.4 Å². The highest BCUT2D eigenvalue weighted by atomic mass is 31.2. The van der Waals surface area contributed by atoms with Crippen LogP contribution in [0.4, 0.5) is 0 Å². The van der Waals surface area contributed by atoms with Crippen LogP contribution in [0.2, 0.25) is 0 Å². The number of allylic oxidation sites excluding steroid dienone is 1. The highest BCUT2D eigenvalue weighted by Crippen LogP contribution is 2.55. The number of hydrogen-bond acceptors (Lipinski definition) is 1. The van der Waals surface area contributed by atoms with Crippen LogP contribution < -0.4 is 0 Å². The fraction of sp³-hybridized carbons (Fsp3) is 0.385. The molecule has 0 spiro atoms. The molecule has 0 unspecified atom stereocenters. The van der Waals surface area contributed by atoms with E-state index in [0.717, 1.165) is 5.56 Å². The molecule has 4 heteroatoms. The molecule has 0 aliphatic rings. The van der Waals surface area contributed by atoms with Gasteiger partial charge in [-0.25, -0.2) is 0 Å². The second kappa shape index (κ2) is 5.63. The first-order valence-electron chi connectivity index (χ1n) is 5.75. The smallest absolute Gasteiger partial charge is 0.324 e. The van der Waals surface area contributed by atoms with Crippen LogP contribution in [-0.4, -0.2) is 14.9 Å². The van der Waals surface area contributed by atoms with Gasteiger partial charge in [0, 0.05) is 0 Å². The van der Waals surface area contributed by atoms with Crippen LogP contribution in [0.3, 0.4) is 0 Å². The average molecular weight is 254 g/mol. The monoisotopic (exact) mass is 254 g/mol. The van der Waals surface area contributed by atoms with E-state index >= 15 is 0 Å². The van der Waals surface area contributed by atoms with E-state index in [2.05, 4.69) is 0 Å². The third-order valence-corrected chi connectivity index (χ3v) is 5.13. The molecule has 17 heavy (non-hydrogen) atoms. The Morgan fingerprint density at radius 3 is 2.12 bits per heavy atom. The van der Waals surface area contributed by atoms with Gasteiger partial charge in [-0.2, -0.15) is 0 Å². The molecule has 94 valence electrons. The molecule has 0 bridgehead atoms. The molecule has 3 nitrogen and oxygen atoms in total. The molecule has 0 saturated carbocycles. The maximum Gasteiger partial charge on any atom is 0.335 e. The van der Waals surface area contributed by atoms with E-state index in [1.54, 1.807) is 26.0 Å². The van der Waals surface area contributed by atoms with Crippen LogP contribution in [0.25, 0.3) is 6.08 Å². The number of rotatable bonds is 5. The Morgan fingerprint density at radius 2 is 1.71 bits per heavy atom. The maximum atomic E-state index is 11.6. The molecule has 0 aliphatic heterocycles. The minimum absolute atomic E-state index is 0.428. The van der Waals surface area contributed by atoms with Gasteiger partial charge in [0.1, 0.15) is 0 Å². The Hall–Kier alpha value is -0.890. The summed E-state index contributed by atoms with van der Waals surface area (Å²) < 4.78 is 11.6. The molecular weight excluding hydrogens is 235 g/mol. The summed E-state index contributed by atoms with van der Waals surface area (Å²) in [5.74, 6) is 0. The van der Waals surface area contributed by atoms with Crippen LogP contribution in [-0.2, 0) is 4.57 Å². The van der Waals surface area contributed by atoms with Crippen molar-refractivity contribution in [3.05, 3.63) is 42.0 Å². The Morgan fingerprint density at radius 1 is 1.18 bits per heavy atom. The SMILES string of the molecule is CCC(C=Cc1ccccc1)(CC)P(=O)(O)O. The third kappa shape index (κ3) is 3.29. The van der Waals surface area contributed by atoms with Gasteiger partial charge < -0.3 is 9.79 Å². The average Bonchev–Trinajstić information content (AvgIpc) is 2.30. The quantitative estimate of drug-likeness (QED) is 0.791. The summed E-state index contributed by atoms with van der Waals surface area (Å²) in [6.07, 6.45) is 4.30. The highest BCUT2D eigenvalue weighted by molar-refractivity contribution is 7.53. The topological polar surface area (TPSA) is 57.5 Å². The van der Waals surface area contributed by atoms with Crippen molar-refractivity contribution in [1.29, 1.82) is 0 Å². The summed E-state index contributed by atoms with van der Waals surface area (Å²) in [5, 5.41) is -1.04. The van der Waals surface area contributed by atoms with Crippen molar-refractivity contribution in [2.75, 3.05) is 0 Å². The standard InChI is InChI=1S/C13H19O3P/c1-3-13(4-2,17(14,15)16)11-10-12-8-6-5-7-9-12/h5-11H,3-4H2,1-2H3,(H2,14,15,16). The summed E-state index contributed by atoms with van der Waals surface area (Å²) >= 11 is 0. The predicted molar refractivity (Wildman–Crippen MR) is 70.8 cm³/mol. The second-order valence-corrected chi connectivity index (χ2v) is 6.08. The largest absolute Gasteiger partial charge is 0.335 e. The second-order valence-electron chi connectivity index (χ2n) is 4.10. The molecule has 0 atom stereocenters. The maximum absolute atomic E-state index is 11.6. The van der Waals surface area contributed by atoms with E-state index in [1.807, 2.05) is 30.3 Å². The molecule has 0 amide bonds. The highest BCUT2D eigenvalue weighted by Gasteiger charge is 2.41. The van der Waals surface area contributed by atoms with E-state index < -0.39 is 12.8 Å². The van der Waals surface area contributed by atoms with Gasteiger partial charge in [-0.1, -0.05) is 56.3 Å². The van der Waals surface area contributed by atoms with E-state index in [1.165, 1.54) is 0 Å². The van der Waals surface area contributed by atoms with Gasteiger partial charge in [0.15, 0.2) is 0 Å². The Kier molecular flexibility index (Phi) is 4.70. The Labute approximate surface area is 102 Å². The fourth-order valence-electron chi connectivity index (χ4n) is 1.81. The third-order valence-electron chi connectivity index (χ3n) is 3.19. The molecular formula is C13H19O3P. The van der Waals surface area contributed by atoms with Crippen LogP contribution in [0.15, 0.2) is 36.4 Å². The fourth-order valence-corrected chi connectivity index (χ4v) is 2.90. The van der Waals surface area contributed by atoms with E-state index in [9.17, 15) is 14.4 Å². The lowest BCUT2D eigenvalue weighted by Crippen LogP contribution is -2.24. The normalized spacial score (nSPS) is 13.2. The van der Waals surface area contributed by atoms with E-state index in [-0.39, 0.29) is 0 Å². The van der Waals surface area contributed by atoms with Gasteiger partial charge in [0.2, 0.25) is 0 Å². The molecule has 1 aromatic carbocycles. The summed E-state index contributed by atoms with van der Waals surface area (Å²) in [6.45, 7) is 3.61. The Balaban J connectivity index is 3.04.